The van der Waals surface area contributed by atoms with E-state index in [1.165, 1.54) is 37.8 Å². The summed E-state index contributed by atoms with van der Waals surface area (Å²) >= 11 is 0. The Hall–Kier alpha value is -0.860. The third kappa shape index (κ3) is 2.32. The zero-order chi connectivity index (χ0) is 13.5. The molecule has 1 aromatic carbocycles. The van der Waals surface area contributed by atoms with E-state index < -0.39 is 0 Å². The van der Waals surface area contributed by atoms with Crippen LogP contribution in [0, 0.1) is 5.41 Å². The summed E-state index contributed by atoms with van der Waals surface area (Å²) in [6.45, 7) is 7.06. The normalized spacial score (nSPS) is 26.6. The molecule has 2 nitrogen and oxygen atoms in total. The third-order valence-electron chi connectivity index (χ3n) is 5.50. The van der Waals surface area contributed by atoms with Crippen LogP contribution in [0.25, 0.3) is 0 Å². The Morgan fingerprint density at radius 2 is 1.95 bits per heavy atom. The molecular formula is C17H26N2. The fraction of sp³-hybridized carbons (Fsp3) is 0.647. The molecule has 0 radical (unpaired) electrons. The molecular weight excluding hydrogens is 232 g/mol. The Morgan fingerprint density at radius 1 is 1.26 bits per heavy atom. The highest BCUT2D eigenvalue weighted by Gasteiger charge is 2.56. The summed E-state index contributed by atoms with van der Waals surface area (Å²) in [5, 5.41) is 0. The molecule has 1 heterocycles. The average molecular weight is 258 g/mol. The lowest BCUT2D eigenvalue weighted by Gasteiger charge is -2.42. The number of rotatable bonds is 4. The monoisotopic (exact) mass is 258 g/mol. The lowest BCUT2D eigenvalue weighted by molar-refractivity contribution is 0.0864. The van der Waals surface area contributed by atoms with E-state index in [2.05, 4.69) is 49.1 Å². The average Bonchev–Trinajstić information content (AvgIpc) is 2.99. The number of hydrogen-bond acceptors (Lipinski definition) is 2. The molecule has 1 unspecified atom stereocenters. The van der Waals surface area contributed by atoms with Gasteiger partial charge < -0.3 is 5.73 Å². The molecule has 2 fully saturated rings. The van der Waals surface area contributed by atoms with Gasteiger partial charge in [0.25, 0.3) is 0 Å². The molecule has 1 aliphatic heterocycles. The van der Waals surface area contributed by atoms with Crippen molar-refractivity contribution < 1.29 is 0 Å². The molecule has 1 aliphatic carbocycles. The predicted octanol–water partition coefficient (Wildman–Crippen LogP) is 3.17. The summed E-state index contributed by atoms with van der Waals surface area (Å²) in [6, 6.07) is 11.5. The Morgan fingerprint density at radius 3 is 2.58 bits per heavy atom. The second kappa shape index (κ2) is 4.60. The molecule has 1 atom stereocenters. The van der Waals surface area contributed by atoms with E-state index in [0.717, 1.165) is 6.54 Å². The summed E-state index contributed by atoms with van der Waals surface area (Å²) < 4.78 is 0. The first-order valence-corrected chi connectivity index (χ1v) is 7.60. The number of benzene rings is 1. The molecule has 1 saturated heterocycles. The van der Waals surface area contributed by atoms with Gasteiger partial charge in [-0.1, -0.05) is 44.2 Å². The Bertz CT molecular complexity index is 434. The molecule has 3 rings (SSSR count). The van der Waals surface area contributed by atoms with Crippen LogP contribution in [0.1, 0.15) is 45.1 Å². The van der Waals surface area contributed by atoms with Crippen molar-refractivity contribution in [3.05, 3.63) is 35.9 Å². The molecule has 19 heavy (non-hydrogen) atoms. The van der Waals surface area contributed by atoms with Gasteiger partial charge in [0.05, 0.1) is 0 Å². The summed E-state index contributed by atoms with van der Waals surface area (Å²) in [5.41, 5.74) is 8.28. The van der Waals surface area contributed by atoms with Gasteiger partial charge in [-0.25, -0.2) is 0 Å². The largest absolute Gasteiger partial charge is 0.325 e. The Balaban J connectivity index is 1.75. The second-order valence-electron chi connectivity index (χ2n) is 6.99. The first kappa shape index (κ1) is 13.1. The summed E-state index contributed by atoms with van der Waals surface area (Å²) in [5.74, 6) is 0. The highest BCUT2D eigenvalue weighted by atomic mass is 15.2. The van der Waals surface area contributed by atoms with Gasteiger partial charge in [0, 0.05) is 18.1 Å². The van der Waals surface area contributed by atoms with Crippen LogP contribution in [0.3, 0.4) is 0 Å². The smallest absolute Gasteiger partial charge is 0.0236 e. The number of nitrogens with two attached hydrogens (primary N) is 1. The first-order valence-electron chi connectivity index (χ1n) is 7.60. The van der Waals surface area contributed by atoms with Crippen molar-refractivity contribution >= 4 is 0 Å². The van der Waals surface area contributed by atoms with E-state index >= 15 is 0 Å². The van der Waals surface area contributed by atoms with Gasteiger partial charge >= 0.3 is 0 Å². The van der Waals surface area contributed by atoms with Crippen LogP contribution >= 0.6 is 0 Å². The van der Waals surface area contributed by atoms with E-state index in [4.69, 9.17) is 5.73 Å². The van der Waals surface area contributed by atoms with Crippen LogP contribution < -0.4 is 5.73 Å². The molecule has 0 amide bonds. The van der Waals surface area contributed by atoms with E-state index in [9.17, 15) is 0 Å². The molecule has 2 aliphatic rings. The fourth-order valence-electron chi connectivity index (χ4n) is 3.76. The highest BCUT2D eigenvalue weighted by Crippen LogP contribution is 2.52. The molecule has 1 saturated carbocycles. The number of likely N-dealkylation sites (tertiary alicyclic amines) is 1. The SMILES string of the molecule is CC(C)(C1CCCN1Cc1ccccc1)C1(N)CC1. The number of hydrogen-bond donors (Lipinski definition) is 1. The van der Waals surface area contributed by atoms with Gasteiger partial charge in [0.1, 0.15) is 0 Å². The van der Waals surface area contributed by atoms with E-state index in [1.807, 2.05) is 0 Å². The summed E-state index contributed by atoms with van der Waals surface area (Å²) in [4.78, 5) is 2.66. The Labute approximate surface area is 117 Å². The van der Waals surface area contributed by atoms with Crippen molar-refractivity contribution in [1.29, 1.82) is 0 Å². The van der Waals surface area contributed by atoms with Crippen LogP contribution in [-0.2, 0) is 6.54 Å². The standard InChI is InChI=1S/C17H26N2/c1-16(2,17(18)10-11-17)15-9-6-12-19(15)13-14-7-4-3-5-8-14/h3-5,7-8,15H,6,9-13,18H2,1-2H3. The third-order valence-corrected chi connectivity index (χ3v) is 5.50. The van der Waals surface area contributed by atoms with Gasteiger partial charge in [0.15, 0.2) is 0 Å². The lowest BCUT2D eigenvalue weighted by Crippen LogP contribution is -2.52. The Kier molecular flexibility index (Phi) is 3.18. The van der Waals surface area contributed by atoms with Crippen LogP contribution in [-0.4, -0.2) is 23.0 Å². The van der Waals surface area contributed by atoms with Crippen molar-refractivity contribution in [3.63, 3.8) is 0 Å². The maximum absolute atomic E-state index is 6.53. The van der Waals surface area contributed by atoms with E-state index in [1.54, 1.807) is 0 Å². The quantitative estimate of drug-likeness (QED) is 0.899. The minimum absolute atomic E-state index is 0.0942. The van der Waals surface area contributed by atoms with Gasteiger partial charge in [0.2, 0.25) is 0 Å². The van der Waals surface area contributed by atoms with Crippen molar-refractivity contribution in [1.82, 2.24) is 4.90 Å². The maximum Gasteiger partial charge on any atom is 0.0236 e. The zero-order valence-electron chi connectivity index (χ0n) is 12.2. The van der Waals surface area contributed by atoms with E-state index in [-0.39, 0.29) is 11.0 Å². The lowest BCUT2D eigenvalue weighted by atomic mass is 9.74. The maximum atomic E-state index is 6.53. The minimum atomic E-state index is 0.0942. The van der Waals surface area contributed by atoms with Crippen LogP contribution in [0.2, 0.25) is 0 Å². The zero-order valence-corrected chi connectivity index (χ0v) is 12.2. The van der Waals surface area contributed by atoms with Gasteiger partial charge in [-0.15, -0.1) is 0 Å². The molecule has 0 bridgehead atoms. The van der Waals surface area contributed by atoms with Crippen LogP contribution in [0.5, 0.6) is 0 Å². The van der Waals surface area contributed by atoms with Gasteiger partial charge in [-0.2, -0.15) is 0 Å². The summed E-state index contributed by atoms with van der Waals surface area (Å²) in [7, 11) is 0. The molecule has 104 valence electrons. The molecule has 0 spiro atoms. The van der Waals surface area contributed by atoms with E-state index in [0.29, 0.717) is 6.04 Å². The van der Waals surface area contributed by atoms with Crippen LogP contribution in [0.4, 0.5) is 0 Å². The fourth-order valence-corrected chi connectivity index (χ4v) is 3.76. The molecule has 1 aromatic rings. The molecule has 0 aromatic heterocycles. The first-order chi connectivity index (χ1) is 9.03. The van der Waals surface area contributed by atoms with Crippen molar-refractivity contribution in [3.8, 4) is 0 Å². The van der Waals surface area contributed by atoms with Gasteiger partial charge in [-0.05, 0) is 43.2 Å². The molecule has 2 heteroatoms. The topological polar surface area (TPSA) is 29.3 Å². The molecule has 2 N–H and O–H groups in total. The summed E-state index contributed by atoms with van der Waals surface area (Å²) in [6.07, 6.45) is 5.03. The van der Waals surface area contributed by atoms with Crippen LogP contribution in [0.15, 0.2) is 30.3 Å². The van der Waals surface area contributed by atoms with Crippen molar-refractivity contribution in [2.24, 2.45) is 11.1 Å². The highest BCUT2D eigenvalue weighted by molar-refractivity contribution is 5.17. The van der Waals surface area contributed by atoms with Gasteiger partial charge in [-0.3, -0.25) is 4.90 Å². The number of nitrogens with zero attached hydrogens (tertiary/aromatic N) is 1. The predicted molar refractivity (Wildman–Crippen MR) is 79.8 cm³/mol. The minimum Gasteiger partial charge on any atom is -0.325 e. The van der Waals surface area contributed by atoms with Crippen molar-refractivity contribution in [2.75, 3.05) is 6.54 Å². The van der Waals surface area contributed by atoms with Crippen molar-refractivity contribution in [2.45, 2.75) is 57.7 Å². The second-order valence-corrected chi connectivity index (χ2v) is 6.99.